The van der Waals surface area contributed by atoms with Crippen molar-refractivity contribution in [3.05, 3.63) is 24.3 Å². The lowest BCUT2D eigenvalue weighted by atomic mass is 10.2. The zero-order chi connectivity index (χ0) is 13.8. The van der Waals surface area contributed by atoms with Gasteiger partial charge in [0.15, 0.2) is 0 Å². The van der Waals surface area contributed by atoms with Crippen molar-refractivity contribution in [3.63, 3.8) is 0 Å². The Balaban J connectivity index is 2.84. The van der Waals surface area contributed by atoms with Crippen LogP contribution in [-0.2, 0) is 4.79 Å². The van der Waals surface area contributed by atoms with Gasteiger partial charge in [0, 0.05) is 12.2 Å². The lowest BCUT2D eigenvalue weighted by molar-refractivity contribution is -0.274. The Morgan fingerprint density at radius 2 is 1.89 bits per heavy atom. The first kappa shape index (κ1) is 14.6. The van der Waals surface area contributed by atoms with E-state index >= 15 is 0 Å². The summed E-state index contributed by atoms with van der Waals surface area (Å²) in [6, 6.07) is 5.03. The summed E-state index contributed by atoms with van der Waals surface area (Å²) in [4.78, 5) is 12.8. The fourth-order valence-corrected chi connectivity index (χ4v) is 1.55. The number of benzene rings is 1. The number of ether oxygens (including phenoxy) is 1. The number of amides is 1. The monoisotopic (exact) mass is 281 g/mol. The zero-order valence-corrected chi connectivity index (χ0v) is 10.3. The average Bonchev–Trinajstić information content (AvgIpc) is 2.30. The Hall–Kier alpha value is -1.43. The minimum atomic E-state index is -4.72. The van der Waals surface area contributed by atoms with E-state index in [9.17, 15) is 18.0 Å². The number of alkyl halides is 4. The molecule has 0 aromatic heterocycles. The van der Waals surface area contributed by atoms with Crippen LogP contribution < -0.4 is 9.64 Å². The highest BCUT2D eigenvalue weighted by Crippen LogP contribution is 2.25. The van der Waals surface area contributed by atoms with Crippen LogP contribution in [0.15, 0.2) is 24.3 Å². The number of nitrogens with zero attached hydrogens (tertiary/aromatic N) is 1. The summed E-state index contributed by atoms with van der Waals surface area (Å²) in [5, 5.41) is 0. The first-order valence-corrected chi connectivity index (χ1v) is 5.63. The minimum Gasteiger partial charge on any atom is -0.406 e. The maximum atomic E-state index is 11.9. The van der Waals surface area contributed by atoms with Crippen molar-refractivity contribution in [3.8, 4) is 5.75 Å². The van der Waals surface area contributed by atoms with Gasteiger partial charge in [-0.3, -0.25) is 4.79 Å². The molecular weight excluding hydrogens is 271 g/mol. The van der Waals surface area contributed by atoms with E-state index in [0.29, 0.717) is 12.2 Å². The van der Waals surface area contributed by atoms with Crippen molar-refractivity contribution in [2.75, 3.05) is 17.3 Å². The summed E-state index contributed by atoms with van der Waals surface area (Å²) >= 11 is 5.43. The van der Waals surface area contributed by atoms with Crippen molar-refractivity contribution in [2.24, 2.45) is 0 Å². The molecular formula is C11H11ClF3NO2. The molecule has 0 unspecified atom stereocenters. The molecule has 0 heterocycles. The fourth-order valence-electron chi connectivity index (χ4n) is 1.40. The predicted molar refractivity (Wildman–Crippen MR) is 61.9 cm³/mol. The summed E-state index contributed by atoms with van der Waals surface area (Å²) in [5.41, 5.74) is 0.470. The third-order valence-corrected chi connectivity index (χ3v) is 2.34. The largest absolute Gasteiger partial charge is 0.573 e. The molecule has 7 heteroatoms. The highest BCUT2D eigenvalue weighted by molar-refractivity contribution is 6.29. The van der Waals surface area contributed by atoms with E-state index in [1.165, 1.54) is 17.0 Å². The molecule has 1 amide bonds. The van der Waals surface area contributed by atoms with Gasteiger partial charge < -0.3 is 9.64 Å². The lowest BCUT2D eigenvalue weighted by Crippen LogP contribution is -2.31. The topological polar surface area (TPSA) is 29.5 Å². The number of rotatable bonds is 4. The summed E-state index contributed by atoms with van der Waals surface area (Å²) in [6.07, 6.45) is -4.72. The van der Waals surface area contributed by atoms with Crippen molar-refractivity contribution >= 4 is 23.2 Å². The molecule has 0 aliphatic heterocycles. The van der Waals surface area contributed by atoms with Gasteiger partial charge in [-0.05, 0) is 31.2 Å². The standard InChI is InChI=1S/C11H11ClF3NO2/c1-2-16(10(17)7-12)8-3-5-9(6-4-8)18-11(13,14)15/h3-6H,2,7H2,1H3. The van der Waals surface area contributed by atoms with Crippen LogP contribution in [0.4, 0.5) is 18.9 Å². The Bertz CT molecular complexity index is 406. The molecule has 1 aromatic rings. The van der Waals surface area contributed by atoms with E-state index in [1.54, 1.807) is 6.92 Å². The van der Waals surface area contributed by atoms with Gasteiger partial charge in [-0.25, -0.2) is 0 Å². The summed E-state index contributed by atoms with van der Waals surface area (Å²) in [7, 11) is 0. The molecule has 0 atom stereocenters. The first-order valence-electron chi connectivity index (χ1n) is 5.09. The maximum Gasteiger partial charge on any atom is 0.573 e. The molecule has 0 radical (unpaired) electrons. The molecule has 0 saturated heterocycles. The van der Waals surface area contributed by atoms with Crippen LogP contribution in [0.2, 0.25) is 0 Å². The molecule has 0 aliphatic carbocycles. The maximum absolute atomic E-state index is 11.9. The van der Waals surface area contributed by atoms with Gasteiger partial charge >= 0.3 is 6.36 Å². The van der Waals surface area contributed by atoms with Gasteiger partial charge in [-0.1, -0.05) is 0 Å². The van der Waals surface area contributed by atoms with Gasteiger partial charge in [0.05, 0.1) is 0 Å². The van der Waals surface area contributed by atoms with Gasteiger partial charge in [-0.2, -0.15) is 0 Å². The Labute approximate surface area is 107 Å². The van der Waals surface area contributed by atoms with E-state index in [0.717, 1.165) is 12.1 Å². The second-order valence-electron chi connectivity index (χ2n) is 3.31. The minimum absolute atomic E-state index is 0.186. The number of carbonyl (C=O) groups excluding carboxylic acids is 1. The number of halogens is 4. The van der Waals surface area contributed by atoms with E-state index < -0.39 is 6.36 Å². The third kappa shape index (κ3) is 4.10. The number of hydrogen-bond acceptors (Lipinski definition) is 2. The van der Waals surface area contributed by atoms with Gasteiger partial charge in [0.25, 0.3) is 0 Å². The van der Waals surface area contributed by atoms with Crippen molar-refractivity contribution in [1.82, 2.24) is 0 Å². The third-order valence-electron chi connectivity index (χ3n) is 2.11. The highest BCUT2D eigenvalue weighted by Gasteiger charge is 2.31. The molecule has 100 valence electrons. The van der Waals surface area contributed by atoms with Gasteiger partial charge in [0.1, 0.15) is 11.6 Å². The van der Waals surface area contributed by atoms with Crippen LogP contribution in [0.3, 0.4) is 0 Å². The Morgan fingerprint density at radius 3 is 2.28 bits per heavy atom. The fraction of sp³-hybridized carbons (Fsp3) is 0.364. The van der Waals surface area contributed by atoms with Gasteiger partial charge in [-0.15, -0.1) is 24.8 Å². The number of hydrogen-bond donors (Lipinski definition) is 0. The average molecular weight is 282 g/mol. The first-order chi connectivity index (χ1) is 8.37. The van der Waals surface area contributed by atoms with E-state index in [4.69, 9.17) is 11.6 Å². The second kappa shape index (κ2) is 5.95. The van der Waals surface area contributed by atoms with Crippen molar-refractivity contribution in [2.45, 2.75) is 13.3 Å². The predicted octanol–water partition coefficient (Wildman–Crippen LogP) is 3.18. The van der Waals surface area contributed by atoms with E-state index in [2.05, 4.69) is 4.74 Å². The molecule has 0 aliphatic rings. The number of anilines is 1. The summed E-state index contributed by atoms with van der Waals surface area (Å²) < 4.78 is 39.6. The highest BCUT2D eigenvalue weighted by atomic mass is 35.5. The molecule has 1 rings (SSSR count). The molecule has 0 saturated carbocycles. The summed E-state index contributed by atoms with van der Waals surface area (Å²) in [5.74, 6) is -0.835. The van der Waals surface area contributed by atoms with Gasteiger partial charge in [0.2, 0.25) is 5.91 Å². The van der Waals surface area contributed by atoms with E-state index in [-0.39, 0.29) is 17.5 Å². The SMILES string of the molecule is CCN(C(=O)CCl)c1ccc(OC(F)(F)F)cc1. The molecule has 0 bridgehead atoms. The molecule has 1 aromatic carbocycles. The normalized spacial score (nSPS) is 11.2. The van der Waals surface area contributed by atoms with Crippen LogP contribution in [-0.4, -0.2) is 24.7 Å². The number of carbonyl (C=O) groups is 1. The molecule has 0 spiro atoms. The molecule has 0 N–H and O–H groups in total. The van der Waals surface area contributed by atoms with Crippen molar-refractivity contribution < 1.29 is 22.7 Å². The van der Waals surface area contributed by atoms with Crippen LogP contribution in [0.1, 0.15) is 6.92 Å². The van der Waals surface area contributed by atoms with Crippen LogP contribution in [0, 0.1) is 0 Å². The molecule has 0 fully saturated rings. The summed E-state index contributed by atoms with van der Waals surface area (Å²) in [6.45, 7) is 2.12. The van der Waals surface area contributed by atoms with Crippen molar-refractivity contribution in [1.29, 1.82) is 0 Å². The smallest absolute Gasteiger partial charge is 0.406 e. The lowest BCUT2D eigenvalue weighted by Gasteiger charge is -2.20. The quantitative estimate of drug-likeness (QED) is 0.793. The van der Waals surface area contributed by atoms with E-state index in [1.807, 2.05) is 0 Å². The Morgan fingerprint density at radius 1 is 1.33 bits per heavy atom. The molecule has 3 nitrogen and oxygen atoms in total. The Kier molecular flexibility index (Phi) is 4.84. The van der Waals surface area contributed by atoms with Crippen LogP contribution in [0.25, 0.3) is 0 Å². The zero-order valence-electron chi connectivity index (χ0n) is 9.50. The van der Waals surface area contributed by atoms with Crippen LogP contribution in [0.5, 0.6) is 5.75 Å². The van der Waals surface area contributed by atoms with Crippen LogP contribution >= 0.6 is 11.6 Å². The molecule has 18 heavy (non-hydrogen) atoms. The second-order valence-corrected chi connectivity index (χ2v) is 3.58.